The Morgan fingerprint density at radius 2 is 1.82 bits per heavy atom. The summed E-state index contributed by atoms with van der Waals surface area (Å²) < 4.78 is 3.93. The van der Waals surface area contributed by atoms with Gasteiger partial charge in [-0.25, -0.2) is 0 Å². The molecule has 0 fully saturated rings. The summed E-state index contributed by atoms with van der Waals surface area (Å²) in [5.74, 6) is -0.185. The maximum atomic E-state index is 12.5. The van der Waals surface area contributed by atoms with Crippen LogP contribution >= 0.6 is 23.3 Å². The van der Waals surface area contributed by atoms with Gasteiger partial charge in [-0.2, -0.15) is 0 Å². The van der Waals surface area contributed by atoms with E-state index in [-0.39, 0.29) is 5.91 Å². The highest BCUT2D eigenvalue weighted by atomic mass is 32.2. The summed E-state index contributed by atoms with van der Waals surface area (Å²) in [5, 5.41) is 7.04. The molecule has 3 aromatic rings. The van der Waals surface area contributed by atoms with Crippen LogP contribution in [0.5, 0.6) is 0 Å². The van der Waals surface area contributed by atoms with Crippen LogP contribution in [0.2, 0.25) is 0 Å². The van der Waals surface area contributed by atoms with Crippen LogP contribution in [0.3, 0.4) is 0 Å². The zero-order valence-electron chi connectivity index (χ0n) is 11.8. The Bertz CT molecular complexity index is 787. The van der Waals surface area contributed by atoms with Crippen LogP contribution in [-0.2, 0) is 0 Å². The molecular formula is C16H13N3OS2. The quantitative estimate of drug-likeness (QED) is 0.730. The predicted molar refractivity (Wildman–Crippen MR) is 91.5 cm³/mol. The van der Waals surface area contributed by atoms with Crippen molar-refractivity contribution in [1.82, 2.24) is 9.59 Å². The third kappa shape index (κ3) is 3.03. The topological polar surface area (TPSA) is 54.9 Å². The number of nitrogens with zero attached hydrogens (tertiary/aromatic N) is 2. The largest absolute Gasteiger partial charge is 0.320 e. The van der Waals surface area contributed by atoms with Crippen LogP contribution in [0.25, 0.3) is 11.3 Å². The normalized spacial score (nSPS) is 10.4. The van der Waals surface area contributed by atoms with E-state index in [0.717, 1.165) is 27.7 Å². The molecule has 110 valence electrons. The maximum absolute atomic E-state index is 12.5. The van der Waals surface area contributed by atoms with Crippen molar-refractivity contribution in [2.24, 2.45) is 0 Å². The van der Waals surface area contributed by atoms with E-state index in [1.165, 1.54) is 0 Å². The number of hydrogen-bond acceptors (Lipinski definition) is 5. The zero-order valence-corrected chi connectivity index (χ0v) is 13.4. The van der Waals surface area contributed by atoms with Gasteiger partial charge in [0.2, 0.25) is 0 Å². The van der Waals surface area contributed by atoms with Crippen LogP contribution in [0, 0.1) is 0 Å². The molecule has 22 heavy (non-hydrogen) atoms. The summed E-state index contributed by atoms with van der Waals surface area (Å²) in [6.07, 6.45) is 1.98. The molecule has 2 aromatic carbocycles. The number of nitrogens with one attached hydrogen (secondary N) is 1. The summed E-state index contributed by atoms with van der Waals surface area (Å²) >= 11 is 2.70. The van der Waals surface area contributed by atoms with Crippen molar-refractivity contribution < 1.29 is 4.79 Å². The summed E-state index contributed by atoms with van der Waals surface area (Å²) in [4.78, 5) is 14.1. The minimum Gasteiger partial charge on any atom is -0.320 e. The Labute approximate surface area is 136 Å². The zero-order chi connectivity index (χ0) is 15.4. The second-order valence-corrected chi connectivity index (χ2v) is 6.07. The van der Waals surface area contributed by atoms with Gasteiger partial charge >= 0.3 is 0 Å². The lowest BCUT2D eigenvalue weighted by Gasteiger charge is -2.08. The first-order chi connectivity index (χ1) is 10.8. The first-order valence-corrected chi connectivity index (χ1v) is 8.61. The minimum atomic E-state index is -0.185. The lowest BCUT2D eigenvalue weighted by Crippen LogP contribution is -2.12. The van der Waals surface area contributed by atoms with Crippen LogP contribution in [-0.4, -0.2) is 21.7 Å². The number of para-hydroxylation sites is 1. The van der Waals surface area contributed by atoms with Gasteiger partial charge in [-0.05, 0) is 29.9 Å². The average molecular weight is 327 g/mol. The monoisotopic (exact) mass is 327 g/mol. The SMILES string of the molecule is CSc1ccccc1NC(=O)c1snnc1-c1ccccc1. The molecule has 3 rings (SSSR count). The van der Waals surface area contributed by atoms with Crippen molar-refractivity contribution in [3.05, 3.63) is 59.5 Å². The number of carbonyl (C=O) groups excluding carboxylic acids is 1. The first-order valence-electron chi connectivity index (χ1n) is 6.61. The number of thioether (sulfide) groups is 1. The van der Waals surface area contributed by atoms with Gasteiger partial charge in [-0.15, -0.1) is 16.9 Å². The highest BCUT2D eigenvalue weighted by Crippen LogP contribution is 2.28. The van der Waals surface area contributed by atoms with Gasteiger partial charge in [0.05, 0.1) is 5.69 Å². The molecule has 0 unspecified atom stereocenters. The minimum absolute atomic E-state index is 0.185. The van der Waals surface area contributed by atoms with Crippen LogP contribution in [0.15, 0.2) is 59.5 Å². The van der Waals surface area contributed by atoms with E-state index in [0.29, 0.717) is 10.6 Å². The molecule has 0 atom stereocenters. The molecule has 0 aliphatic heterocycles. The summed E-state index contributed by atoms with van der Waals surface area (Å²) in [6.45, 7) is 0. The number of hydrogen-bond donors (Lipinski definition) is 1. The van der Waals surface area contributed by atoms with Crippen molar-refractivity contribution in [2.45, 2.75) is 4.90 Å². The van der Waals surface area contributed by atoms with Gasteiger partial charge in [0.25, 0.3) is 5.91 Å². The fourth-order valence-corrected chi connectivity index (χ4v) is 3.19. The molecule has 0 radical (unpaired) electrons. The molecule has 1 aromatic heterocycles. The van der Waals surface area contributed by atoms with E-state index in [1.807, 2.05) is 60.9 Å². The Hall–Kier alpha value is -2.18. The van der Waals surface area contributed by atoms with Gasteiger partial charge in [-0.1, -0.05) is 47.0 Å². The standard InChI is InChI=1S/C16H13N3OS2/c1-21-13-10-6-5-9-12(13)17-16(20)15-14(18-19-22-15)11-7-3-2-4-8-11/h2-10H,1H3,(H,17,20). The highest BCUT2D eigenvalue weighted by molar-refractivity contribution is 7.98. The van der Waals surface area contributed by atoms with Gasteiger partial charge in [-0.3, -0.25) is 4.79 Å². The molecule has 1 heterocycles. The lowest BCUT2D eigenvalue weighted by molar-refractivity contribution is 0.103. The van der Waals surface area contributed by atoms with E-state index in [1.54, 1.807) is 11.8 Å². The summed E-state index contributed by atoms with van der Waals surface area (Å²) in [7, 11) is 0. The van der Waals surface area contributed by atoms with Gasteiger partial charge in [0, 0.05) is 10.5 Å². The predicted octanol–water partition coefficient (Wildman–Crippen LogP) is 4.18. The van der Waals surface area contributed by atoms with Crippen molar-refractivity contribution in [3.63, 3.8) is 0 Å². The molecule has 0 bridgehead atoms. The molecular weight excluding hydrogens is 314 g/mol. The van der Waals surface area contributed by atoms with Gasteiger partial charge < -0.3 is 5.32 Å². The van der Waals surface area contributed by atoms with E-state index < -0.39 is 0 Å². The highest BCUT2D eigenvalue weighted by Gasteiger charge is 2.18. The Morgan fingerprint density at radius 1 is 1.09 bits per heavy atom. The fourth-order valence-electron chi connectivity index (χ4n) is 2.05. The van der Waals surface area contributed by atoms with Crippen LogP contribution in [0.4, 0.5) is 5.69 Å². The molecule has 0 spiro atoms. The molecule has 4 nitrogen and oxygen atoms in total. The number of benzene rings is 2. The van der Waals surface area contributed by atoms with Gasteiger partial charge in [0.15, 0.2) is 0 Å². The summed E-state index contributed by atoms with van der Waals surface area (Å²) in [5.41, 5.74) is 2.30. The summed E-state index contributed by atoms with van der Waals surface area (Å²) in [6, 6.07) is 17.3. The third-order valence-electron chi connectivity index (χ3n) is 3.10. The molecule has 0 saturated carbocycles. The first kappa shape index (κ1) is 14.7. The Kier molecular flexibility index (Phi) is 4.50. The number of anilines is 1. The van der Waals surface area contributed by atoms with Crippen molar-refractivity contribution >= 4 is 34.9 Å². The van der Waals surface area contributed by atoms with Crippen molar-refractivity contribution in [2.75, 3.05) is 11.6 Å². The molecule has 1 N–H and O–H groups in total. The van der Waals surface area contributed by atoms with E-state index in [9.17, 15) is 4.79 Å². The van der Waals surface area contributed by atoms with Gasteiger partial charge in [0.1, 0.15) is 10.6 Å². The van der Waals surface area contributed by atoms with E-state index in [2.05, 4.69) is 14.9 Å². The Balaban J connectivity index is 1.90. The van der Waals surface area contributed by atoms with Crippen LogP contribution in [0.1, 0.15) is 9.67 Å². The third-order valence-corrected chi connectivity index (χ3v) is 4.62. The maximum Gasteiger partial charge on any atom is 0.269 e. The van der Waals surface area contributed by atoms with E-state index in [4.69, 9.17) is 0 Å². The fraction of sp³-hybridized carbons (Fsp3) is 0.0625. The molecule has 0 aliphatic rings. The molecule has 1 amide bonds. The van der Waals surface area contributed by atoms with Crippen molar-refractivity contribution in [1.29, 1.82) is 0 Å². The smallest absolute Gasteiger partial charge is 0.269 e. The van der Waals surface area contributed by atoms with E-state index >= 15 is 0 Å². The number of amides is 1. The number of rotatable bonds is 4. The molecule has 0 aliphatic carbocycles. The lowest BCUT2D eigenvalue weighted by atomic mass is 10.1. The second-order valence-electron chi connectivity index (χ2n) is 4.47. The number of carbonyl (C=O) groups is 1. The van der Waals surface area contributed by atoms with Crippen LogP contribution < -0.4 is 5.32 Å². The number of aromatic nitrogens is 2. The second kappa shape index (κ2) is 6.72. The Morgan fingerprint density at radius 3 is 2.59 bits per heavy atom. The van der Waals surface area contributed by atoms with Crippen molar-refractivity contribution in [3.8, 4) is 11.3 Å². The average Bonchev–Trinajstić information content (AvgIpc) is 3.06. The molecule has 0 saturated heterocycles. The molecule has 6 heteroatoms.